The minimum atomic E-state index is 0.109. The van der Waals surface area contributed by atoms with Crippen LogP contribution in [0.1, 0.15) is 12.0 Å². The number of hydrogen-bond acceptors (Lipinski definition) is 5. The second-order valence-corrected chi connectivity index (χ2v) is 5.42. The molecule has 0 aliphatic carbocycles. The van der Waals surface area contributed by atoms with Crippen LogP contribution in [0.5, 0.6) is 11.5 Å². The van der Waals surface area contributed by atoms with E-state index >= 15 is 0 Å². The summed E-state index contributed by atoms with van der Waals surface area (Å²) in [7, 11) is 5.66. The Bertz CT molecular complexity index is 428. The molecule has 0 saturated carbocycles. The van der Waals surface area contributed by atoms with Gasteiger partial charge in [0.2, 0.25) is 0 Å². The Morgan fingerprint density at radius 1 is 1.33 bits per heavy atom. The van der Waals surface area contributed by atoms with Crippen molar-refractivity contribution < 1.29 is 14.6 Å². The average Bonchev–Trinajstić information content (AvgIpc) is 2.44. The number of methoxy groups -OCH3 is 1. The van der Waals surface area contributed by atoms with Gasteiger partial charge in [0.15, 0.2) is 11.5 Å². The van der Waals surface area contributed by atoms with Crippen molar-refractivity contribution in [2.45, 2.75) is 13.0 Å². The maximum absolute atomic E-state index is 8.77. The number of nitrogens with zero attached hydrogens (tertiary/aromatic N) is 1. The summed E-state index contributed by atoms with van der Waals surface area (Å²) in [4.78, 5) is 2.11. The first-order chi connectivity index (χ1) is 10.1. The van der Waals surface area contributed by atoms with E-state index in [9.17, 15) is 0 Å². The molecule has 0 unspecified atom stereocenters. The molecule has 0 amide bonds. The molecule has 0 atom stereocenters. The van der Waals surface area contributed by atoms with Crippen molar-refractivity contribution in [2.75, 3.05) is 47.5 Å². The number of nitrogens with one attached hydrogen (secondary N) is 1. The topological polar surface area (TPSA) is 54.0 Å². The third-order valence-electron chi connectivity index (χ3n) is 2.90. The molecule has 0 fully saturated rings. The zero-order valence-corrected chi connectivity index (χ0v) is 13.7. The van der Waals surface area contributed by atoms with Crippen molar-refractivity contribution in [3.63, 3.8) is 0 Å². The highest BCUT2D eigenvalue weighted by atomic mass is 35.5. The van der Waals surface area contributed by atoms with Crippen LogP contribution in [-0.4, -0.2) is 57.5 Å². The zero-order valence-electron chi connectivity index (χ0n) is 13.0. The normalized spacial score (nSPS) is 11.0. The fraction of sp³-hybridized carbons (Fsp3) is 0.600. The van der Waals surface area contributed by atoms with Crippen molar-refractivity contribution in [1.29, 1.82) is 0 Å². The molecule has 0 aliphatic rings. The molecule has 0 bridgehead atoms. The maximum atomic E-state index is 8.77. The summed E-state index contributed by atoms with van der Waals surface area (Å²) < 4.78 is 11.1. The van der Waals surface area contributed by atoms with Crippen molar-refractivity contribution in [2.24, 2.45) is 0 Å². The van der Waals surface area contributed by atoms with Crippen molar-refractivity contribution in [1.82, 2.24) is 10.2 Å². The smallest absolute Gasteiger partial charge is 0.179 e. The van der Waals surface area contributed by atoms with Gasteiger partial charge in [-0.15, -0.1) is 0 Å². The Kier molecular flexibility index (Phi) is 8.45. The number of aliphatic hydroxyl groups is 1. The average molecular weight is 317 g/mol. The van der Waals surface area contributed by atoms with E-state index in [4.69, 9.17) is 26.2 Å². The molecular formula is C15H25ClN2O3. The number of hydrogen-bond donors (Lipinski definition) is 2. The Morgan fingerprint density at radius 2 is 2.10 bits per heavy atom. The van der Waals surface area contributed by atoms with Crippen LogP contribution >= 0.6 is 11.6 Å². The Hall–Kier alpha value is -1.01. The van der Waals surface area contributed by atoms with Gasteiger partial charge in [0.25, 0.3) is 0 Å². The monoisotopic (exact) mass is 316 g/mol. The second kappa shape index (κ2) is 9.84. The highest BCUT2D eigenvalue weighted by Gasteiger charge is 2.12. The largest absolute Gasteiger partial charge is 0.493 e. The van der Waals surface area contributed by atoms with E-state index in [1.165, 1.54) is 0 Å². The summed E-state index contributed by atoms with van der Waals surface area (Å²) in [5, 5.41) is 12.4. The number of ether oxygens (including phenoxy) is 2. The number of halogens is 1. The summed E-state index contributed by atoms with van der Waals surface area (Å²) in [5.74, 6) is 1.22. The molecule has 0 spiro atoms. The van der Waals surface area contributed by atoms with Gasteiger partial charge in [-0.1, -0.05) is 11.6 Å². The molecule has 21 heavy (non-hydrogen) atoms. The first-order valence-electron chi connectivity index (χ1n) is 7.04. The summed E-state index contributed by atoms with van der Waals surface area (Å²) in [6.45, 7) is 2.83. The van der Waals surface area contributed by atoms with E-state index in [0.717, 1.165) is 18.5 Å². The van der Waals surface area contributed by atoms with Gasteiger partial charge >= 0.3 is 0 Å². The molecule has 1 aromatic rings. The molecule has 0 heterocycles. The van der Waals surface area contributed by atoms with Gasteiger partial charge in [0, 0.05) is 19.6 Å². The van der Waals surface area contributed by atoms with E-state index in [1.807, 2.05) is 26.2 Å². The van der Waals surface area contributed by atoms with Crippen LogP contribution in [0.4, 0.5) is 0 Å². The van der Waals surface area contributed by atoms with Gasteiger partial charge in [-0.05, 0) is 38.2 Å². The second-order valence-electron chi connectivity index (χ2n) is 5.01. The summed E-state index contributed by atoms with van der Waals surface area (Å²) in [5.41, 5.74) is 0.992. The fourth-order valence-electron chi connectivity index (χ4n) is 1.88. The Balaban J connectivity index is 2.66. The van der Waals surface area contributed by atoms with Crippen molar-refractivity contribution in [3.05, 3.63) is 22.7 Å². The first kappa shape index (κ1) is 18.0. The third kappa shape index (κ3) is 6.52. The molecule has 120 valence electrons. The number of rotatable bonds is 10. The van der Waals surface area contributed by atoms with Crippen LogP contribution in [0.2, 0.25) is 5.02 Å². The molecule has 2 N–H and O–H groups in total. The standard InChI is InChI=1S/C15H25ClN2O3/c1-18(2)6-4-8-21-15-13(16)9-12(10-14(15)20-3)11-17-5-7-19/h9-10,17,19H,4-8,11H2,1-3H3. The lowest BCUT2D eigenvalue weighted by Crippen LogP contribution is -2.17. The van der Waals surface area contributed by atoms with Gasteiger partial charge in [-0.3, -0.25) is 0 Å². The SMILES string of the molecule is COc1cc(CNCCO)cc(Cl)c1OCCCN(C)C. The van der Waals surface area contributed by atoms with Crippen LogP contribution in [0.3, 0.4) is 0 Å². The van der Waals surface area contributed by atoms with Crippen LogP contribution in [-0.2, 0) is 6.54 Å². The van der Waals surface area contributed by atoms with Crippen LogP contribution < -0.4 is 14.8 Å². The minimum Gasteiger partial charge on any atom is -0.493 e. The molecule has 0 aromatic heterocycles. The van der Waals surface area contributed by atoms with Gasteiger partial charge in [-0.25, -0.2) is 0 Å². The molecule has 6 heteroatoms. The minimum absolute atomic E-state index is 0.109. The van der Waals surface area contributed by atoms with E-state index < -0.39 is 0 Å². The van der Waals surface area contributed by atoms with Gasteiger partial charge in [-0.2, -0.15) is 0 Å². The highest BCUT2D eigenvalue weighted by molar-refractivity contribution is 6.32. The highest BCUT2D eigenvalue weighted by Crippen LogP contribution is 2.36. The van der Waals surface area contributed by atoms with Crippen molar-refractivity contribution >= 4 is 11.6 Å². The predicted octanol–water partition coefficient (Wildman–Crippen LogP) is 1.76. The quantitative estimate of drug-likeness (QED) is 0.644. The Morgan fingerprint density at radius 3 is 2.71 bits per heavy atom. The molecule has 1 aromatic carbocycles. The lowest BCUT2D eigenvalue weighted by molar-refractivity contribution is 0.268. The molecule has 0 saturated heterocycles. The van der Waals surface area contributed by atoms with Crippen LogP contribution in [0.15, 0.2) is 12.1 Å². The van der Waals surface area contributed by atoms with E-state index in [1.54, 1.807) is 7.11 Å². The van der Waals surface area contributed by atoms with Crippen LogP contribution in [0, 0.1) is 0 Å². The summed E-state index contributed by atoms with van der Waals surface area (Å²) in [6, 6.07) is 3.76. The third-order valence-corrected chi connectivity index (χ3v) is 3.18. The fourth-order valence-corrected chi connectivity index (χ4v) is 2.17. The number of aliphatic hydroxyl groups excluding tert-OH is 1. The Labute approximate surface area is 131 Å². The van der Waals surface area contributed by atoms with Crippen LogP contribution in [0.25, 0.3) is 0 Å². The molecule has 5 nitrogen and oxygen atoms in total. The molecular weight excluding hydrogens is 292 g/mol. The van der Waals surface area contributed by atoms with E-state index in [0.29, 0.717) is 36.2 Å². The van der Waals surface area contributed by atoms with Gasteiger partial charge in [0.1, 0.15) is 0 Å². The first-order valence-corrected chi connectivity index (χ1v) is 7.41. The van der Waals surface area contributed by atoms with Gasteiger partial charge in [0.05, 0.1) is 25.3 Å². The lowest BCUT2D eigenvalue weighted by Gasteiger charge is -2.15. The molecule has 1 rings (SSSR count). The van der Waals surface area contributed by atoms with E-state index in [2.05, 4.69) is 10.2 Å². The molecule has 0 aliphatic heterocycles. The van der Waals surface area contributed by atoms with E-state index in [-0.39, 0.29) is 6.61 Å². The zero-order chi connectivity index (χ0) is 15.7. The van der Waals surface area contributed by atoms with Gasteiger partial charge < -0.3 is 24.8 Å². The predicted molar refractivity (Wildman–Crippen MR) is 85.5 cm³/mol. The summed E-state index contributed by atoms with van der Waals surface area (Å²) >= 11 is 6.28. The van der Waals surface area contributed by atoms with Crippen molar-refractivity contribution in [3.8, 4) is 11.5 Å². The summed E-state index contributed by atoms with van der Waals surface area (Å²) in [6.07, 6.45) is 0.923. The number of benzene rings is 1. The lowest BCUT2D eigenvalue weighted by atomic mass is 10.2. The maximum Gasteiger partial charge on any atom is 0.179 e. The molecule has 0 radical (unpaired) electrons.